The van der Waals surface area contributed by atoms with Crippen molar-refractivity contribution in [1.29, 1.82) is 0 Å². The Labute approximate surface area is 135 Å². The average molecular weight is 315 g/mol. The molecule has 0 aliphatic carbocycles. The Morgan fingerprint density at radius 1 is 1.30 bits per heavy atom. The molecule has 122 valence electrons. The van der Waals surface area contributed by atoms with Gasteiger partial charge in [0.05, 0.1) is 36.4 Å². The molecule has 6 heteroatoms. The summed E-state index contributed by atoms with van der Waals surface area (Å²) in [7, 11) is 0. The van der Waals surface area contributed by atoms with Crippen LogP contribution >= 0.6 is 0 Å². The minimum Gasteiger partial charge on any atom is -0.466 e. The molecule has 1 fully saturated rings. The number of esters is 1. The summed E-state index contributed by atoms with van der Waals surface area (Å²) in [6.07, 6.45) is 3.13. The van der Waals surface area contributed by atoms with Gasteiger partial charge in [0.2, 0.25) is 5.91 Å². The first-order valence-corrected chi connectivity index (χ1v) is 8.04. The zero-order valence-corrected chi connectivity index (χ0v) is 13.3. The predicted molar refractivity (Wildman–Crippen MR) is 85.8 cm³/mol. The van der Waals surface area contributed by atoms with Gasteiger partial charge in [-0.05, 0) is 25.5 Å². The Hall–Kier alpha value is -2.37. The van der Waals surface area contributed by atoms with Gasteiger partial charge in [0, 0.05) is 19.5 Å². The Morgan fingerprint density at radius 2 is 2.13 bits per heavy atom. The van der Waals surface area contributed by atoms with E-state index in [0.29, 0.717) is 13.2 Å². The monoisotopic (exact) mass is 315 g/mol. The number of carbonyl (C=O) groups is 2. The van der Waals surface area contributed by atoms with Crippen LogP contribution in [0.3, 0.4) is 0 Å². The Morgan fingerprint density at radius 3 is 2.96 bits per heavy atom. The van der Waals surface area contributed by atoms with E-state index >= 15 is 0 Å². The summed E-state index contributed by atoms with van der Waals surface area (Å²) in [5, 5.41) is 0. The number of imidazole rings is 1. The molecule has 0 N–H and O–H groups in total. The highest BCUT2D eigenvalue weighted by atomic mass is 16.5. The molecule has 0 bridgehead atoms. The van der Waals surface area contributed by atoms with Crippen LogP contribution in [0, 0.1) is 0 Å². The third-order valence-corrected chi connectivity index (χ3v) is 4.24. The zero-order valence-electron chi connectivity index (χ0n) is 13.3. The number of likely N-dealkylation sites (tertiary alicyclic amines) is 1. The number of amides is 1. The lowest BCUT2D eigenvalue weighted by molar-refractivity contribution is -0.145. The first-order chi connectivity index (χ1) is 11.2. The second-order valence-electron chi connectivity index (χ2n) is 5.73. The number of nitrogens with zero attached hydrogens (tertiary/aromatic N) is 3. The van der Waals surface area contributed by atoms with E-state index in [0.717, 1.165) is 24.0 Å². The van der Waals surface area contributed by atoms with Crippen LogP contribution < -0.4 is 0 Å². The fourth-order valence-electron chi connectivity index (χ4n) is 3.06. The van der Waals surface area contributed by atoms with Crippen molar-refractivity contribution in [3.05, 3.63) is 30.6 Å². The van der Waals surface area contributed by atoms with Gasteiger partial charge in [-0.25, -0.2) is 4.98 Å². The van der Waals surface area contributed by atoms with Crippen LogP contribution in [0.2, 0.25) is 0 Å². The van der Waals surface area contributed by atoms with Crippen molar-refractivity contribution in [3.8, 4) is 0 Å². The number of rotatable bonds is 5. The van der Waals surface area contributed by atoms with E-state index in [1.165, 1.54) is 0 Å². The van der Waals surface area contributed by atoms with Gasteiger partial charge in [0.1, 0.15) is 0 Å². The van der Waals surface area contributed by atoms with Crippen molar-refractivity contribution < 1.29 is 14.3 Å². The quantitative estimate of drug-likeness (QED) is 0.793. The van der Waals surface area contributed by atoms with Crippen molar-refractivity contribution in [2.24, 2.45) is 0 Å². The van der Waals surface area contributed by atoms with Gasteiger partial charge in [-0.1, -0.05) is 12.1 Å². The second kappa shape index (κ2) is 6.81. The summed E-state index contributed by atoms with van der Waals surface area (Å²) < 4.78 is 7.01. The number of aromatic nitrogens is 2. The molecule has 1 atom stereocenters. The number of carbonyl (C=O) groups excluding carboxylic acids is 2. The summed E-state index contributed by atoms with van der Waals surface area (Å²) in [5.41, 5.74) is 2.07. The average Bonchev–Trinajstić information content (AvgIpc) is 3.19. The molecule has 1 aromatic heterocycles. The van der Waals surface area contributed by atoms with E-state index < -0.39 is 0 Å². The molecule has 1 aromatic carbocycles. The molecular formula is C17H21N3O3. The number of ether oxygens (including phenoxy) is 1. The lowest BCUT2D eigenvalue weighted by Gasteiger charge is -2.17. The van der Waals surface area contributed by atoms with Crippen molar-refractivity contribution in [2.45, 2.75) is 32.2 Å². The smallest absolute Gasteiger partial charge is 0.306 e. The molecule has 0 unspecified atom stereocenters. The largest absolute Gasteiger partial charge is 0.466 e. The molecule has 1 saturated heterocycles. The molecule has 0 spiro atoms. The van der Waals surface area contributed by atoms with Crippen molar-refractivity contribution in [1.82, 2.24) is 14.5 Å². The van der Waals surface area contributed by atoms with Gasteiger partial charge in [-0.3, -0.25) is 9.59 Å². The Bertz CT molecular complexity index is 710. The van der Waals surface area contributed by atoms with E-state index in [9.17, 15) is 9.59 Å². The minimum absolute atomic E-state index is 0.0185. The van der Waals surface area contributed by atoms with Gasteiger partial charge < -0.3 is 14.2 Å². The minimum atomic E-state index is -0.308. The first kappa shape index (κ1) is 15.5. The van der Waals surface area contributed by atoms with Crippen LogP contribution in [0.4, 0.5) is 0 Å². The summed E-state index contributed by atoms with van der Waals surface area (Å²) in [6, 6.07) is 8.25. The Balaban J connectivity index is 1.60. The highest BCUT2D eigenvalue weighted by Gasteiger charge is 2.28. The molecule has 2 heterocycles. The molecule has 1 aliphatic rings. The SMILES string of the molecule is CCOC(=O)CCC(=O)N1CC[C@@H](n2cnc3ccccc32)C1. The molecule has 0 saturated carbocycles. The highest BCUT2D eigenvalue weighted by Crippen LogP contribution is 2.26. The van der Waals surface area contributed by atoms with E-state index in [-0.39, 0.29) is 30.8 Å². The molecule has 6 nitrogen and oxygen atoms in total. The fraction of sp³-hybridized carbons (Fsp3) is 0.471. The summed E-state index contributed by atoms with van der Waals surface area (Å²) in [4.78, 5) is 29.8. The zero-order chi connectivity index (χ0) is 16.2. The van der Waals surface area contributed by atoms with Crippen molar-refractivity contribution in [3.63, 3.8) is 0 Å². The summed E-state index contributed by atoms with van der Waals surface area (Å²) in [6.45, 7) is 3.51. The molecule has 1 aliphatic heterocycles. The van der Waals surface area contributed by atoms with E-state index in [4.69, 9.17) is 4.74 Å². The van der Waals surface area contributed by atoms with Gasteiger partial charge in [0.25, 0.3) is 0 Å². The van der Waals surface area contributed by atoms with E-state index in [1.807, 2.05) is 35.5 Å². The van der Waals surface area contributed by atoms with Crippen LogP contribution in [-0.2, 0) is 14.3 Å². The first-order valence-electron chi connectivity index (χ1n) is 8.04. The third kappa shape index (κ3) is 3.36. The maximum absolute atomic E-state index is 12.2. The van der Waals surface area contributed by atoms with Crippen LogP contribution in [-0.4, -0.2) is 46.0 Å². The van der Waals surface area contributed by atoms with Crippen molar-refractivity contribution >= 4 is 22.9 Å². The molecule has 23 heavy (non-hydrogen) atoms. The van der Waals surface area contributed by atoms with Gasteiger partial charge in [0.15, 0.2) is 0 Å². The fourth-order valence-corrected chi connectivity index (χ4v) is 3.06. The van der Waals surface area contributed by atoms with E-state index in [2.05, 4.69) is 9.55 Å². The van der Waals surface area contributed by atoms with Crippen LogP contribution in [0.25, 0.3) is 11.0 Å². The number of hydrogen-bond acceptors (Lipinski definition) is 4. The van der Waals surface area contributed by atoms with Gasteiger partial charge in [-0.15, -0.1) is 0 Å². The maximum Gasteiger partial charge on any atom is 0.306 e. The third-order valence-electron chi connectivity index (χ3n) is 4.24. The number of benzene rings is 1. The number of para-hydroxylation sites is 2. The molecule has 0 radical (unpaired) electrons. The number of hydrogen-bond donors (Lipinski definition) is 0. The normalized spacial score (nSPS) is 17.6. The van der Waals surface area contributed by atoms with E-state index in [1.54, 1.807) is 6.92 Å². The second-order valence-corrected chi connectivity index (χ2v) is 5.73. The molecule has 1 amide bonds. The topological polar surface area (TPSA) is 64.4 Å². The Kier molecular flexibility index (Phi) is 4.60. The van der Waals surface area contributed by atoms with Crippen molar-refractivity contribution in [2.75, 3.05) is 19.7 Å². The standard InChI is InChI=1S/C17H21N3O3/c1-2-23-17(22)8-7-16(21)19-10-9-13(11-19)20-12-18-14-5-3-4-6-15(14)20/h3-6,12-13H,2,7-11H2,1H3/t13-/m1/s1. The lowest BCUT2D eigenvalue weighted by Crippen LogP contribution is -2.29. The summed E-state index contributed by atoms with van der Waals surface area (Å²) in [5.74, 6) is -0.290. The molecule has 2 aromatic rings. The summed E-state index contributed by atoms with van der Waals surface area (Å²) >= 11 is 0. The van der Waals surface area contributed by atoms with Gasteiger partial charge in [-0.2, -0.15) is 0 Å². The maximum atomic E-state index is 12.2. The number of fused-ring (bicyclic) bond motifs is 1. The molecule has 3 rings (SSSR count). The van der Waals surface area contributed by atoms with Crippen LogP contribution in [0.5, 0.6) is 0 Å². The predicted octanol–water partition coefficient (Wildman–Crippen LogP) is 2.15. The molecular weight excluding hydrogens is 294 g/mol. The van der Waals surface area contributed by atoms with Crippen LogP contribution in [0.15, 0.2) is 30.6 Å². The van der Waals surface area contributed by atoms with Crippen LogP contribution in [0.1, 0.15) is 32.2 Å². The highest BCUT2D eigenvalue weighted by molar-refractivity contribution is 5.81. The van der Waals surface area contributed by atoms with Gasteiger partial charge >= 0.3 is 5.97 Å². The lowest BCUT2D eigenvalue weighted by atomic mass is 10.2.